The lowest BCUT2D eigenvalue weighted by atomic mass is 10.1. The first-order chi connectivity index (χ1) is 10.3. The van der Waals surface area contributed by atoms with E-state index in [1.165, 1.54) is 0 Å². The second-order valence-corrected chi connectivity index (χ2v) is 5.55. The second-order valence-electron chi connectivity index (χ2n) is 4.70. The Morgan fingerprint density at radius 1 is 1.10 bits per heavy atom. The average Bonchev–Trinajstić information content (AvgIpc) is 2.53. The molecular formula is C17H15BrN2O. The van der Waals surface area contributed by atoms with Crippen LogP contribution in [-0.2, 0) is 6.54 Å². The zero-order chi connectivity index (χ0) is 14.7. The Bertz CT molecular complexity index is 774. The maximum Gasteiger partial charge on any atom is 0.134 e. The number of anilines is 1. The van der Waals surface area contributed by atoms with Gasteiger partial charge in [0.05, 0.1) is 7.11 Å². The summed E-state index contributed by atoms with van der Waals surface area (Å²) in [5.41, 5.74) is 1.16. The zero-order valence-corrected chi connectivity index (χ0v) is 13.2. The van der Waals surface area contributed by atoms with E-state index < -0.39 is 0 Å². The van der Waals surface area contributed by atoms with Crippen LogP contribution in [0, 0.1) is 0 Å². The molecule has 0 amide bonds. The summed E-state index contributed by atoms with van der Waals surface area (Å²) < 4.78 is 6.32. The number of rotatable bonds is 4. The van der Waals surface area contributed by atoms with Crippen LogP contribution in [0.1, 0.15) is 5.56 Å². The fraction of sp³-hybridized carbons (Fsp3) is 0.118. The van der Waals surface area contributed by atoms with E-state index in [0.29, 0.717) is 6.54 Å². The Balaban J connectivity index is 1.87. The van der Waals surface area contributed by atoms with E-state index in [1.54, 1.807) is 7.11 Å². The number of fused-ring (bicyclic) bond motifs is 1. The summed E-state index contributed by atoms with van der Waals surface area (Å²) in [7, 11) is 1.68. The molecule has 1 N–H and O–H groups in total. The van der Waals surface area contributed by atoms with Crippen molar-refractivity contribution in [3.63, 3.8) is 0 Å². The van der Waals surface area contributed by atoms with Gasteiger partial charge in [-0.15, -0.1) is 0 Å². The van der Waals surface area contributed by atoms with Crippen LogP contribution in [0.5, 0.6) is 5.75 Å². The highest BCUT2D eigenvalue weighted by atomic mass is 79.9. The molecule has 0 aliphatic heterocycles. The number of nitrogens with zero attached hydrogens (tertiary/aromatic N) is 1. The third kappa shape index (κ3) is 3.00. The van der Waals surface area contributed by atoms with Crippen molar-refractivity contribution in [2.75, 3.05) is 12.4 Å². The molecule has 3 aromatic rings. The summed E-state index contributed by atoms with van der Waals surface area (Å²) in [5.74, 6) is 1.75. The first-order valence-electron chi connectivity index (χ1n) is 6.68. The molecule has 0 spiro atoms. The average molecular weight is 343 g/mol. The van der Waals surface area contributed by atoms with Crippen molar-refractivity contribution in [1.29, 1.82) is 0 Å². The van der Waals surface area contributed by atoms with Crippen LogP contribution >= 0.6 is 15.9 Å². The topological polar surface area (TPSA) is 34.1 Å². The second kappa shape index (κ2) is 6.14. The van der Waals surface area contributed by atoms with Crippen molar-refractivity contribution in [2.45, 2.75) is 6.54 Å². The maximum absolute atomic E-state index is 5.24. The standard InChI is InChI=1S/C17H15BrN2O/c1-21-13-5-2-4-12(10-13)11-20-17-15-6-3-7-16(18)14(15)8-9-19-17/h2-10H,11H2,1H3,(H,19,20). The summed E-state index contributed by atoms with van der Waals surface area (Å²) in [4.78, 5) is 4.44. The SMILES string of the molecule is COc1cccc(CNc2nccc3c(Br)cccc23)c1. The van der Waals surface area contributed by atoms with E-state index in [0.717, 1.165) is 32.4 Å². The van der Waals surface area contributed by atoms with Crippen LogP contribution in [0.2, 0.25) is 0 Å². The van der Waals surface area contributed by atoms with Crippen LogP contribution in [-0.4, -0.2) is 12.1 Å². The molecule has 0 atom stereocenters. The first-order valence-corrected chi connectivity index (χ1v) is 7.47. The van der Waals surface area contributed by atoms with Crippen LogP contribution in [0.4, 0.5) is 5.82 Å². The number of aromatic nitrogens is 1. The molecule has 0 saturated heterocycles. The molecule has 1 aromatic heterocycles. The molecule has 3 nitrogen and oxygen atoms in total. The van der Waals surface area contributed by atoms with Crippen LogP contribution in [0.3, 0.4) is 0 Å². The molecule has 0 unspecified atom stereocenters. The minimum absolute atomic E-state index is 0.704. The molecule has 0 saturated carbocycles. The fourth-order valence-corrected chi connectivity index (χ4v) is 2.78. The van der Waals surface area contributed by atoms with Crippen molar-refractivity contribution >= 4 is 32.5 Å². The van der Waals surface area contributed by atoms with Crippen molar-refractivity contribution in [3.8, 4) is 5.75 Å². The van der Waals surface area contributed by atoms with E-state index in [4.69, 9.17) is 4.74 Å². The third-order valence-corrected chi connectivity index (χ3v) is 4.04. The molecule has 0 aliphatic carbocycles. The van der Waals surface area contributed by atoms with E-state index in [9.17, 15) is 0 Å². The van der Waals surface area contributed by atoms with Gasteiger partial charge in [0.15, 0.2) is 0 Å². The van der Waals surface area contributed by atoms with E-state index in [-0.39, 0.29) is 0 Å². The van der Waals surface area contributed by atoms with Crippen LogP contribution in [0.15, 0.2) is 59.2 Å². The number of nitrogens with one attached hydrogen (secondary N) is 1. The Kier molecular flexibility index (Phi) is 4.06. The van der Waals surface area contributed by atoms with Gasteiger partial charge in [-0.2, -0.15) is 0 Å². The maximum atomic E-state index is 5.24. The number of pyridine rings is 1. The number of benzene rings is 2. The zero-order valence-electron chi connectivity index (χ0n) is 11.6. The number of hydrogen-bond acceptors (Lipinski definition) is 3. The molecule has 0 radical (unpaired) electrons. The van der Waals surface area contributed by atoms with Gasteiger partial charge >= 0.3 is 0 Å². The van der Waals surface area contributed by atoms with Gasteiger partial charge in [-0.25, -0.2) is 4.98 Å². The number of halogens is 1. The highest BCUT2D eigenvalue weighted by molar-refractivity contribution is 9.10. The van der Waals surface area contributed by atoms with Gasteiger partial charge in [0.2, 0.25) is 0 Å². The Labute approximate surface area is 132 Å². The van der Waals surface area contributed by atoms with Crippen LogP contribution < -0.4 is 10.1 Å². The lowest BCUT2D eigenvalue weighted by molar-refractivity contribution is 0.414. The highest BCUT2D eigenvalue weighted by Gasteiger charge is 2.04. The van der Waals surface area contributed by atoms with Crippen molar-refractivity contribution in [2.24, 2.45) is 0 Å². The van der Waals surface area contributed by atoms with Gasteiger partial charge in [0, 0.05) is 28.0 Å². The summed E-state index contributed by atoms with van der Waals surface area (Å²) in [5, 5.41) is 5.65. The third-order valence-electron chi connectivity index (χ3n) is 3.35. The fourth-order valence-electron chi connectivity index (χ4n) is 2.28. The van der Waals surface area contributed by atoms with Gasteiger partial charge in [-0.3, -0.25) is 0 Å². The first kappa shape index (κ1) is 13.9. The highest BCUT2D eigenvalue weighted by Crippen LogP contribution is 2.28. The van der Waals surface area contributed by atoms with Crippen LogP contribution in [0.25, 0.3) is 10.8 Å². The Morgan fingerprint density at radius 2 is 1.95 bits per heavy atom. The van der Waals surface area contributed by atoms with Gasteiger partial charge in [-0.1, -0.05) is 40.2 Å². The molecule has 21 heavy (non-hydrogen) atoms. The number of ether oxygens (including phenoxy) is 1. The molecule has 3 rings (SSSR count). The molecular weight excluding hydrogens is 328 g/mol. The van der Waals surface area contributed by atoms with Crippen molar-refractivity contribution in [1.82, 2.24) is 4.98 Å². The van der Waals surface area contributed by atoms with E-state index >= 15 is 0 Å². The van der Waals surface area contributed by atoms with E-state index in [2.05, 4.69) is 38.4 Å². The lowest BCUT2D eigenvalue weighted by Crippen LogP contribution is -2.02. The monoisotopic (exact) mass is 342 g/mol. The minimum Gasteiger partial charge on any atom is -0.497 e. The molecule has 0 bridgehead atoms. The summed E-state index contributed by atoms with van der Waals surface area (Å²) in [6.07, 6.45) is 1.82. The smallest absolute Gasteiger partial charge is 0.134 e. The Hall–Kier alpha value is -2.07. The normalized spacial score (nSPS) is 10.6. The van der Waals surface area contributed by atoms with Gasteiger partial charge < -0.3 is 10.1 Å². The predicted octanol–water partition coefficient (Wildman–Crippen LogP) is 4.62. The van der Waals surface area contributed by atoms with E-state index in [1.807, 2.05) is 42.6 Å². The number of hydrogen-bond donors (Lipinski definition) is 1. The summed E-state index contributed by atoms with van der Waals surface area (Å²) >= 11 is 3.57. The van der Waals surface area contributed by atoms with Crippen molar-refractivity contribution in [3.05, 3.63) is 64.8 Å². The molecule has 1 heterocycles. The molecule has 2 aromatic carbocycles. The van der Waals surface area contributed by atoms with Gasteiger partial charge in [0.1, 0.15) is 11.6 Å². The summed E-state index contributed by atoms with van der Waals surface area (Å²) in [6, 6.07) is 16.2. The largest absolute Gasteiger partial charge is 0.497 e. The minimum atomic E-state index is 0.704. The quantitative estimate of drug-likeness (QED) is 0.751. The summed E-state index contributed by atoms with van der Waals surface area (Å²) in [6.45, 7) is 0.704. The van der Waals surface area contributed by atoms with Gasteiger partial charge in [-0.05, 0) is 29.8 Å². The lowest BCUT2D eigenvalue weighted by Gasteiger charge is -2.10. The van der Waals surface area contributed by atoms with Crippen molar-refractivity contribution < 1.29 is 4.74 Å². The Morgan fingerprint density at radius 3 is 2.81 bits per heavy atom. The molecule has 4 heteroatoms. The molecule has 0 aliphatic rings. The molecule has 106 valence electrons. The predicted molar refractivity (Wildman–Crippen MR) is 89.8 cm³/mol. The van der Waals surface area contributed by atoms with Gasteiger partial charge in [0.25, 0.3) is 0 Å². The number of methoxy groups -OCH3 is 1. The molecule has 0 fully saturated rings.